The number of benzene rings is 3. The quantitative estimate of drug-likeness (QED) is 0.212. The Kier molecular flexibility index (Phi) is 7.58. The zero-order valence-electron chi connectivity index (χ0n) is 22.3. The summed E-state index contributed by atoms with van der Waals surface area (Å²) in [7, 11) is 0. The van der Waals surface area contributed by atoms with Gasteiger partial charge in [0.25, 0.3) is 0 Å². The maximum absolute atomic E-state index is 9.53. The summed E-state index contributed by atoms with van der Waals surface area (Å²) < 4.78 is 0. The molecule has 41 heavy (non-hydrogen) atoms. The van der Waals surface area contributed by atoms with E-state index >= 15 is 0 Å². The zero-order valence-corrected chi connectivity index (χ0v) is 22.3. The fourth-order valence-electron chi connectivity index (χ4n) is 4.74. The molecule has 0 aliphatic heterocycles. The lowest BCUT2D eigenvalue weighted by Crippen LogP contribution is -2.10. The molecule has 200 valence electrons. The van der Waals surface area contributed by atoms with Gasteiger partial charge in [0.05, 0.1) is 36.0 Å². The molecule has 6 rings (SSSR count). The highest BCUT2D eigenvalue weighted by atomic mass is 16.3. The number of anilines is 3. The monoisotopic (exact) mass is 536 g/mol. The number of rotatable bonds is 8. The van der Waals surface area contributed by atoms with Gasteiger partial charge in [-0.05, 0) is 95.1 Å². The average molecular weight is 537 g/mol. The van der Waals surface area contributed by atoms with Gasteiger partial charge in [-0.25, -0.2) is 4.98 Å². The first-order valence-electron chi connectivity index (χ1n) is 13.4. The van der Waals surface area contributed by atoms with Gasteiger partial charge in [-0.3, -0.25) is 9.97 Å². The Morgan fingerprint density at radius 1 is 0.463 bits per heavy atom. The van der Waals surface area contributed by atoms with E-state index in [1.54, 1.807) is 12.4 Å². The Hall–Kier alpha value is -5.17. The number of aliphatic hydroxyl groups excluding tert-OH is 2. The van der Waals surface area contributed by atoms with Crippen LogP contribution in [0.4, 0.5) is 17.1 Å². The summed E-state index contributed by atoms with van der Waals surface area (Å²) in [4.78, 5) is 16.1. The standard InChI is InChI=1S/C35H28N4O2/c40-23-25-7-13-29(14-8-25)39(30-15-9-26(24-41)10-16-30)31-17-11-27(12-18-31)28-21-34(32-5-1-3-19-36-32)38-35(22-28)33-6-2-4-20-37-33/h1-22,40-41H,23-24H2. The van der Waals surface area contributed by atoms with Crippen LogP contribution in [-0.2, 0) is 13.2 Å². The van der Waals surface area contributed by atoms with Crippen molar-refractivity contribution in [2.75, 3.05) is 4.90 Å². The summed E-state index contributed by atoms with van der Waals surface area (Å²) >= 11 is 0. The molecule has 6 heteroatoms. The maximum Gasteiger partial charge on any atom is 0.0900 e. The fraction of sp³-hybridized carbons (Fsp3) is 0.0571. The van der Waals surface area contributed by atoms with E-state index < -0.39 is 0 Å². The normalized spacial score (nSPS) is 10.9. The molecule has 0 fully saturated rings. The van der Waals surface area contributed by atoms with Gasteiger partial charge in [-0.1, -0.05) is 48.5 Å². The number of aromatic nitrogens is 3. The second-order valence-electron chi connectivity index (χ2n) is 9.59. The largest absolute Gasteiger partial charge is 0.392 e. The number of hydrogen-bond acceptors (Lipinski definition) is 6. The van der Waals surface area contributed by atoms with Crippen molar-refractivity contribution < 1.29 is 10.2 Å². The molecule has 3 aromatic carbocycles. The lowest BCUT2D eigenvalue weighted by molar-refractivity contribution is 0.281. The first-order chi connectivity index (χ1) is 20.2. The summed E-state index contributed by atoms with van der Waals surface area (Å²) in [5.74, 6) is 0. The van der Waals surface area contributed by atoms with E-state index in [4.69, 9.17) is 4.98 Å². The fourth-order valence-corrected chi connectivity index (χ4v) is 4.74. The van der Waals surface area contributed by atoms with Crippen LogP contribution in [0.1, 0.15) is 11.1 Å². The molecular formula is C35H28N4O2. The van der Waals surface area contributed by atoms with Crippen molar-refractivity contribution in [3.05, 3.63) is 145 Å². The van der Waals surface area contributed by atoms with Crippen LogP contribution in [0, 0.1) is 0 Å². The van der Waals surface area contributed by atoms with Gasteiger partial charge < -0.3 is 15.1 Å². The molecule has 0 aliphatic carbocycles. The smallest absolute Gasteiger partial charge is 0.0900 e. The van der Waals surface area contributed by atoms with E-state index in [1.807, 2.05) is 84.9 Å². The molecule has 6 nitrogen and oxygen atoms in total. The molecule has 0 amide bonds. The van der Waals surface area contributed by atoms with Gasteiger partial charge in [-0.15, -0.1) is 0 Å². The summed E-state index contributed by atoms with van der Waals surface area (Å²) in [6.07, 6.45) is 3.54. The van der Waals surface area contributed by atoms with Gasteiger partial charge in [0.15, 0.2) is 0 Å². The molecule has 0 spiro atoms. The predicted octanol–water partition coefficient (Wildman–Crippen LogP) is 7.33. The van der Waals surface area contributed by atoms with Crippen LogP contribution in [-0.4, -0.2) is 25.2 Å². The SMILES string of the molecule is OCc1ccc(N(c2ccc(CO)cc2)c2ccc(-c3cc(-c4ccccn4)nc(-c4ccccn4)c3)cc2)cc1. The van der Waals surface area contributed by atoms with Crippen LogP contribution >= 0.6 is 0 Å². The lowest BCUT2D eigenvalue weighted by Gasteiger charge is -2.26. The second kappa shape index (κ2) is 11.9. The van der Waals surface area contributed by atoms with E-state index in [-0.39, 0.29) is 13.2 Å². The molecule has 0 radical (unpaired) electrons. The topological polar surface area (TPSA) is 82.4 Å². The molecule has 0 bridgehead atoms. The summed E-state index contributed by atoms with van der Waals surface area (Å²) in [5, 5.41) is 19.1. The number of aliphatic hydroxyl groups is 2. The van der Waals surface area contributed by atoms with Crippen LogP contribution in [0.3, 0.4) is 0 Å². The van der Waals surface area contributed by atoms with Gasteiger partial charge in [0.2, 0.25) is 0 Å². The van der Waals surface area contributed by atoms with Crippen LogP contribution in [0.15, 0.2) is 134 Å². The Balaban J connectivity index is 1.42. The summed E-state index contributed by atoms with van der Waals surface area (Å²) in [6.45, 7) is -0.0137. The van der Waals surface area contributed by atoms with Gasteiger partial charge in [0.1, 0.15) is 0 Å². The zero-order chi connectivity index (χ0) is 28.0. The van der Waals surface area contributed by atoms with E-state index in [9.17, 15) is 10.2 Å². The van der Waals surface area contributed by atoms with Crippen LogP contribution < -0.4 is 4.90 Å². The highest BCUT2D eigenvalue weighted by Gasteiger charge is 2.14. The number of hydrogen-bond donors (Lipinski definition) is 2. The highest BCUT2D eigenvalue weighted by molar-refractivity contribution is 5.80. The molecule has 0 saturated carbocycles. The molecular weight excluding hydrogens is 508 g/mol. The minimum Gasteiger partial charge on any atom is -0.392 e. The van der Waals surface area contributed by atoms with Crippen molar-refractivity contribution in [1.82, 2.24) is 15.0 Å². The van der Waals surface area contributed by atoms with Crippen LogP contribution in [0.5, 0.6) is 0 Å². The minimum atomic E-state index is -0.00686. The van der Waals surface area contributed by atoms with Gasteiger partial charge >= 0.3 is 0 Å². The van der Waals surface area contributed by atoms with Crippen molar-refractivity contribution >= 4 is 17.1 Å². The van der Waals surface area contributed by atoms with Crippen molar-refractivity contribution in [3.63, 3.8) is 0 Å². The van der Waals surface area contributed by atoms with Crippen molar-refractivity contribution in [2.45, 2.75) is 13.2 Å². The minimum absolute atomic E-state index is 0.00686. The Labute approximate surface area is 238 Å². The van der Waals surface area contributed by atoms with E-state index in [0.717, 1.165) is 62.1 Å². The summed E-state index contributed by atoms with van der Waals surface area (Å²) in [5.41, 5.74) is 9.82. The van der Waals surface area contributed by atoms with Crippen molar-refractivity contribution in [1.29, 1.82) is 0 Å². The van der Waals surface area contributed by atoms with Gasteiger partial charge in [0, 0.05) is 29.5 Å². The van der Waals surface area contributed by atoms with Crippen LogP contribution in [0.2, 0.25) is 0 Å². The average Bonchev–Trinajstić information content (AvgIpc) is 3.06. The molecule has 3 aromatic heterocycles. The number of pyridine rings is 3. The molecule has 0 unspecified atom stereocenters. The van der Waals surface area contributed by atoms with Crippen LogP contribution in [0.25, 0.3) is 33.9 Å². The van der Waals surface area contributed by atoms with Gasteiger partial charge in [-0.2, -0.15) is 0 Å². The Morgan fingerprint density at radius 3 is 1.29 bits per heavy atom. The lowest BCUT2D eigenvalue weighted by atomic mass is 10.0. The summed E-state index contributed by atoms with van der Waals surface area (Å²) in [6, 6.07) is 39.8. The molecule has 0 atom stereocenters. The third-order valence-electron chi connectivity index (χ3n) is 6.89. The maximum atomic E-state index is 9.53. The first-order valence-corrected chi connectivity index (χ1v) is 13.4. The van der Waals surface area contributed by atoms with E-state index in [0.29, 0.717) is 0 Å². The number of nitrogens with zero attached hydrogens (tertiary/aromatic N) is 4. The molecule has 0 aliphatic rings. The molecule has 3 heterocycles. The Bertz CT molecular complexity index is 1620. The Morgan fingerprint density at radius 2 is 0.902 bits per heavy atom. The first kappa shape index (κ1) is 26.1. The van der Waals surface area contributed by atoms with Crippen molar-refractivity contribution in [2.24, 2.45) is 0 Å². The third-order valence-corrected chi connectivity index (χ3v) is 6.89. The second-order valence-corrected chi connectivity index (χ2v) is 9.59. The van der Waals surface area contributed by atoms with E-state index in [2.05, 4.69) is 51.3 Å². The molecule has 6 aromatic rings. The molecule has 0 saturated heterocycles. The van der Waals surface area contributed by atoms with E-state index in [1.165, 1.54) is 0 Å². The predicted molar refractivity (Wildman–Crippen MR) is 163 cm³/mol. The third kappa shape index (κ3) is 5.75. The van der Waals surface area contributed by atoms with Crippen molar-refractivity contribution in [3.8, 4) is 33.9 Å². The highest BCUT2D eigenvalue weighted by Crippen LogP contribution is 2.36. The molecule has 2 N–H and O–H groups in total.